The Bertz CT molecular complexity index is 8270. The van der Waals surface area contributed by atoms with Crippen LogP contribution in [-0.4, -0.2) is 9.97 Å². The summed E-state index contributed by atoms with van der Waals surface area (Å²) in [6.07, 6.45) is 18.1. The van der Waals surface area contributed by atoms with Crippen molar-refractivity contribution in [3.63, 3.8) is 0 Å². The molecule has 8 bridgehead atoms. The summed E-state index contributed by atoms with van der Waals surface area (Å²) in [6.45, 7) is 0. The van der Waals surface area contributed by atoms with E-state index in [-0.39, 0.29) is 10.8 Å². The van der Waals surface area contributed by atoms with Crippen LogP contribution in [0.4, 0.5) is 34.1 Å². The van der Waals surface area contributed by atoms with Gasteiger partial charge in [0.2, 0.25) is 0 Å². The average molecular weight is 1770 g/mol. The van der Waals surface area contributed by atoms with Gasteiger partial charge in [-0.25, -0.2) is 0 Å². The molecule has 4 nitrogen and oxygen atoms in total. The molecule has 8 saturated carbocycles. The van der Waals surface area contributed by atoms with Gasteiger partial charge in [0.15, 0.2) is 0 Å². The number of fused-ring (bicyclic) bond motifs is 13. The van der Waals surface area contributed by atoms with Crippen molar-refractivity contribution in [3.05, 3.63) is 459 Å². The second-order valence-electron chi connectivity index (χ2n) is 40.7. The Morgan fingerprint density at radius 2 is 0.577 bits per heavy atom. The summed E-state index contributed by atoms with van der Waals surface area (Å²) in [7, 11) is 0. The molecule has 0 saturated heterocycles. The molecule has 137 heavy (non-hydrogen) atoms. The van der Waals surface area contributed by atoms with Crippen molar-refractivity contribution in [1.82, 2.24) is 9.97 Å². The molecule has 10 aliphatic carbocycles. The normalized spacial score (nSPS) is 20.8. The second-order valence-corrected chi connectivity index (χ2v) is 41.7. The molecule has 31 rings (SSSR count). The monoisotopic (exact) mass is 1770 g/mol. The lowest BCUT2D eigenvalue weighted by atomic mass is 9.43. The molecule has 2 spiro atoms. The molecule has 0 unspecified atom stereocenters. The summed E-state index contributed by atoms with van der Waals surface area (Å²) in [5, 5.41) is 7.32. The quantitative estimate of drug-likeness (QED) is 0.102. The van der Waals surface area contributed by atoms with Crippen LogP contribution in [0.5, 0.6) is 0 Å². The first-order chi connectivity index (χ1) is 67.8. The van der Waals surface area contributed by atoms with E-state index in [1.807, 2.05) is 29.8 Å². The van der Waals surface area contributed by atoms with Crippen LogP contribution in [0.15, 0.2) is 437 Å². The van der Waals surface area contributed by atoms with Crippen LogP contribution in [-0.2, 0) is 10.8 Å². The van der Waals surface area contributed by atoms with E-state index in [0.717, 1.165) is 103 Å². The Kier molecular flexibility index (Phi) is 18.9. The lowest BCUT2D eigenvalue weighted by Gasteiger charge is -2.61. The van der Waals surface area contributed by atoms with Gasteiger partial charge in [0.25, 0.3) is 0 Å². The third-order valence-corrected chi connectivity index (χ3v) is 34.8. The summed E-state index contributed by atoms with van der Waals surface area (Å²) in [6, 6.07) is 159. The van der Waals surface area contributed by atoms with Gasteiger partial charge in [-0.3, -0.25) is 9.97 Å². The van der Waals surface area contributed by atoms with E-state index in [0.29, 0.717) is 0 Å². The highest BCUT2D eigenvalue weighted by Crippen LogP contribution is 2.72. The predicted molar refractivity (Wildman–Crippen MR) is 573 cm³/mol. The van der Waals surface area contributed by atoms with E-state index in [4.69, 9.17) is 9.97 Å². The minimum Gasteiger partial charge on any atom is -0.311 e. The summed E-state index contributed by atoms with van der Waals surface area (Å²) in [5.41, 5.74) is 40.8. The van der Waals surface area contributed by atoms with Crippen molar-refractivity contribution in [2.75, 3.05) is 9.80 Å². The molecule has 0 amide bonds. The van der Waals surface area contributed by atoms with Gasteiger partial charge in [-0.15, -0.1) is 11.3 Å². The maximum absolute atomic E-state index is 5.10. The summed E-state index contributed by atoms with van der Waals surface area (Å²) < 4.78 is 2.64. The van der Waals surface area contributed by atoms with Crippen molar-refractivity contribution in [2.45, 2.75) is 75.0 Å². The number of rotatable bonds is 14. The molecule has 0 N–H and O–H groups in total. The maximum Gasteiger partial charge on any atom is 0.0966 e. The predicted octanol–water partition coefficient (Wildman–Crippen LogP) is 35.7. The molecular formula is C132H100N4S. The molecule has 3 aromatic heterocycles. The van der Waals surface area contributed by atoms with E-state index in [2.05, 4.69) is 428 Å². The molecule has 21 aromatic rings. The molecule has 0 radical (unpaired) electrons. The van der Waals surface area contributed by atoms with Gasteiger partial charge >= 0.3 is 0 Å². The van der Waals surface area contributed by atoms with Gasteiger partial charge in [0.1, 0.15) is 0 Å². The van der Waals surface area contributed by atoms with Crippen LogP contribution < -0.4 is 9.80 Å². The van der Waals surface area contributed by atoms with Crippen molar-refractivity contribution >= 4 is 98.2 Å². The zero-order chi connectivity index (χ0) is 90.0. The van der Waals surface area contributed by atoms with E-state index in [1.165, 1.54) is 206 Å². The third-order valence-electron chi connectivity index (χ3n) is 33.6. The highest BCUT2D eigenvalue weighted by Gasteiger charge is 2.63. The fraction of sp³-hybridized carbons (Fsp3) is 0.152. The number of aromatic nitrogens is 2. The highest BCUT2D eigenvalue weighted by molar-refractivity contribution is 7.26. The Morgan fingerprint density at radius 1 is 0.212 bits per heavy atom. The SMILES string of the molecule is c1ccc(-c2ccc(-c3ccc(N(c4ccc(-c5ccccc5)cc4)c4ccc(-c5cc(-c6ccc7c(c6)-c6ccccc6C76C7CC8CC(C7)CC6C8)cc6ccccc56)cc4)cc3)cc2)cc1.c1ccc(-c2ccc3c(c2)-c2ccccc2C32C3CC4CC(C3)CC2C4)c(-c2ccc(N(c3ccc(-c4cccc5c4sc4ccccc45)cc3)c3cnc4c(ccc5cccnc54)c3)cc2)c1. The van der Waals surface area contributed by atoms with Crippen molar-refractivity contribution in [3.8, 4) is 111 Å². The van der Waals surface area contributed by atoms with Crippen molar-refractivity contribution in [2.24, 2.45) is 47.3 Å². The van der Waals surface area contributed by atoms with Crippen LogP contribution in [0.1, 0.15) is 86.5 Å². The maximum atomic E-state index is 5.10. The van der Waals surface area contributed by atoms with Crippen molar-refractivity contribution < 1.29 is 0 Å². The van der Waals surface area contributed by atoms with E-state index >= 15 is 0 Å². The Hall–Kier alpha value is -15.1. The summed E-state index contributed by atoms with van der Waals surface area (Å²) in [4.78, 5) is 14.5. The van der Waals surface area contributed by atoms with Crippen LogP contribution in [0.3, 0.4) is 0 Å². The first-order valence-corrected chi connectivity index (χ1v) is 50.6. The number of pyridine rings is 2. The zero-order valence-electron chi connectivity index (χ0n) is 76.5. The molecule has 654 valence electrons. The first-order valence-electron chi connectivity index (χ1n) is 49.8. The number of nitrogens with zero attached hydrogens (tertiary/aromatic N) is 4. The van der Waals surface area contributed by atoms with Crippen LogP contribution in [0, 0.1) is 47.3 Å². The fourth-order valence-corrected chi connectivity index (χ4v) is 29.4. The average Bonchev–Trinajstić information content (AvgIpc) is 1.54. The summed E-state index contributed by atoms with van der Waals surface area (Å²) >= 11 is 1.88. The molecule has 10 aliphatic rings. The molecule has 5 heteroatoms. The minimum atomic E-state index is 0.178. The van der Waals surface area contributed by atoms with Gasteiger partial charge in [-0.1, -0.05) is 322 Å². The van der Waals surface area contributed by atoms with Gasteiger partial charge in [-0.05, 0) is 359 Å². The molecule has 0 aliphatic heterocycles. The Balaban J connectivity index is 0.000000135. The molecular weight excluding hydrogens is 1670 g/mol. The largest absolute Gasteiger partial charge is 0.311 e. The van der Waals surface area contributed by atoms with E-state index < -0.39 is 0 Å². The Morgan fingerprint density at radius 3 is 1.12 bits per heavy atom. The van der Waals surface area contributed by atoms with Gasteiger partial charge < -0.3 is 9.80 Å². The van der Waals surface area contributed by atoms with Crippen LogP contribution in [0.2, 0.25) is 0 Å². The topological polar surface area (TPSA) is 32.3 Å². The molecule has 8 fully saturated rings. The first kappa shape index (κ1) is 80.3. The number of hydrogen-bond donors (Lipinski definition) is 0. The second kappa shape index (κ2) is 32.3. The van der Waals surface area contributed by atoms with Crippen LogP contribution in [0.25, 0.3) is 164 Å². The van der Waals surface area contributed by atoms with Gasteiger partial charge in [0, 0.05) is 76.4 Å². The number of anilines is 6. The number of thiophene rings is 1. The summed E-state index contributed by atoms with van der Waals surface area (Å²) in [5.74, 6) is 6.81. The highest BCUT2D eigenvalue weighted by atomic mass is 32.1. The minimum absolute atomic E-state index is 0.178. The Labute approximate surface area is 805 Å². The van der Waals surface area contributed by atoms with Crippen molar-refractivity contribution in [1.29, 1.82) is 0 Å². The van der Waals surface area contributed by atoms with E-state index in [9.17, 15) is 0 Å². The number of hydrogen-bond acceptors (Lipinski definition) is 5. The zero-order valence-corrected chi connectivity index (χ0v) is 77.3. The molecule has 3 heterocycles. The van der Waals surface area contributed by atoms with Gasteiger partial charge in [-0.2, -0.15) is 0 Å². The molecule has 0 atom stereocenters. The van der Waals surface area contributed by atoms with Crippen LogP contribution >= 0.6 is 11.3 Å². The molecule has 18 aromatic carbocycles. The smallest absolute Gasteiger partial charge is 0.0966 e. The standard InChI is InChI=1S/C68H53N.C64H47N3S/c1-3-11-47(12-4-1)49-19-21-50(22-20-49)52-25-32-60(33-26-52)69(59-30-23-51(24-31-59)48-13-5-2-6-14-48)61-34-27-53(28-35-61)64-44-56(42-55-15-7-8-16-62(55)64)54-29-36-67-65(43-54)63-17-9-10-18-66(63)68(67)57-38-45-37-46(40-57)41-58(68)39-45;1-2-11-52(44-24-29-59-57(37-44)54-12-3-5-16-58(54)64(59)46-32-39-31-40(34-46)35-47(64)33-39)51(10-1)41-20-25-48(26-21-41)67(50-36-45-19-18-43-9-8-30-65-61(43)62(45)66-38-50)49-27-22-42(23-28-49)53-14-7-15-56-55-13-4-6-17-60(55)68-63(53)56/h1-36,42-46,57-58H,37-41H2;1-30,36-40,46-47H,31-35H2. The lowest BCUT2D eigenvalue weighted by Crippen LogP contribution is -2.55. The third kappa shape index (κ3) is 13.1. The lowest BCUT2D eigenvalue weighted by molar-refractivity contribution is -0.0399. The van der Waals surface area contributed by atoms with E-state index in [1.54, 1.807) is 22.3 Å². The van der Waals surface area contributed by atoms with Gasteiger partial charge in [0.05, 0.1) is 22.9 Å². The number of benzene rings is 18. The fourth-order valence-electron chi connectivity index (χ4n) is 28.2.